The molecule has 90 valence electrons. The van der Waals surface area contributed by atoms with Gasteiger partial charge in [-0.3, -0.25) is 4.79 Å². The summed E-state index contributed by atoms with van der Waals surface area (Å²) in [6, 6.07) is -0.133. The van der Waals surface area contributed by atoms with Gasteiger partial charge in [-0.15, -0.1) is 0 Å². The van der Waals surface area contributed by atoms with E-state index < -0.39 is 0 Å². The lowest BCUT2D eigenvalue weighted by Gasteiger charge is -2.15. The van der Waals surface area contributed by atoms with E-state index in [4.69, 9.17) is 4.74 Å². The van der Waals surface area contributed by atoms with Gasteiger partial charge in [0.1, 0.15) is 6.04 Å². The summed E-state index contributed by atoms with van der Waals surface area (Å²) in [7, 11) is 3.37. The summed E-state index contributed by atoms with van der Waals surface area (Å²) in [5.41, 5.74) is 0. The maximum atomic E-state index is 11.4. The van der Waals surface area contributed by atoms with Gasteiger partial charge in [0.25, 0.3) is 0 Å². The topological polar surface area (TPSA) is 50.4 Å². The van der Waals surface area contributed by atoms with Crippen molar-refractivity contribution in [1.82, 2.24) is 10.6 Å². The summed E-state index contributed by atoms with van der Waals surface area (Å²) >= 11 is 0. The van der Waals surface area contributed by atoms with Crippen molar-refractivity contribution in [3.63, 3.8) is 0 Å². The van der Waals surface area contributed by atoms with E-state index in [9.17, 15) is 4.79 Å². The first-order chi connectivity index (χ1) is 7.26. The van der Waals surface area contributed by atoms with Gasteiger partial charge in [-0.25, -0.2) is 0 Å². The summed E-state index contributed by atoms with van der Waals surface area (Å²) in [6.07, 6.45) is 4.04. The minimum absolute atomic E-state index is 0.133. The molecule has 1 unspecified atom stereocenters. The fourth-order valence-corrected chi connectivity index (χ4v) is 1.40. The SMILES string of the molecule is CCCCC(NCCCNC)C(=O)OC. The second kappa shape index (κ2) is 9.93. The highest BCUT2D eigenvalue weighted by Crippen LogP contribution is 2.02. The third kappa shape index (κ3) is 7.33. The van der Waals surface area contributed by atoms with Crippen LogP contribution in [-0.4, -0.2) is 39.3 Å². The highest BCUT2D eigenvalue weighted by atomic mass is 16.5. The van der Waals surface area contributed by atoms with E-state index in [2.05, 4.69) is 17.6 Å². The van der Waals surface area contributed by atoms with Crippen LogP contribution in [0.1, 0.15) is 32.6 Å². The van der Waals surface area contributed by atoms with Gasteiger partial charge in [-0.1, -0.05) is 19.8 Å². The van der Waals surface area contributed by atoms with E-state index >= 15 is 0 Å². The fraction of sp³-hybridized carbons (Fsp3) is 0.909. The molecule has 0 aliphatic carbocycles. The Morgan fingerprint density at radius 2 is 2.07 bits per heavy atom. The maximum absolute atomic E-state index is 11.4. The van der Waals surface area contributed by atoms with Crippen LogP contribution in [-0.2, 0) is 9.53 Å². The molecule has 0 aromatic rings. The molecule has 15 heavy (non-hydrogen) atoms. The van der Waals surface area contributed by atoms with Crippen LogP contribution in [0.25, 0.3) is 0 Å². The van der Waals surface area contributed by atoms with E-state index in [1.807, 2.05) is 7.05 Å². The van der Waals surface area contributed by atoms with Gasteiger partial charge in [0.05, 0.1) is 7.11 Å². The molecule has 0 fully saturated rings. The monoisotopic (exact) mass is 216 g/mol. The molecule has 4 heteroatoms. The van der Waals surface area contributed by atoms with E-state index in [-0.39, 0.29) is 12.0 Å². The Kier molecular flexibility index (Phi) is 9.52. The molecule has 0 heterocycles. The fourth-order valence-electron chi connectivity index (χ4n) is 1.40. The van der Waals surface area contributed by atoms with Crippen molar-refractivity contribution in [2.24, 2.45) is 0 Å². The summed E-state index contributed by atoms with van der Waals surface area (Å²) < 4.78 is 4.75. The standard InChI is InChI=1S/C11H24N2O2/c1-4-5-7-10(11(14)15-3)13-9-6-8-12-2/h10,12-13H,4-9H2,1-3H3. The van der Waals surface area contributed by atoms with Crippen molar-refractivity contribution >= 4 is 5.97 Å². The molecule has 0 amide bonds. The van der Waals surface area contributed by atoms with Crippen LogP contribution in [0.2, 0.25) is 0 Å². The van der Waals surface area contributed by atoms with Gasteiger partial charge in [0.2, 0.25) is 0 Å². The van der Waals surface area contributed by atoms with Crippen LogP contribution in [0.5, 0.6) is 0 Å². The van der Waals surface area contributed by atoms with Crippen LogP contribution < -0.4 is 10.6 Å². The molecule has 0 bridgehead atoms. The van der Waals surface area contributed by atoms with Crippen molar-refractivity contribution in [1.29, 1.82) is 0 Å². The van der Waals surface area contributed by atoms with E-state index in [1.165, 1.54) is 7.11 Å². The average Bonchev–Trinajstić information content (AvgIpc) is 2.27. The van der Waals surface area contributed by atoms with Gasteiger partial charge in [-0.2, -0.15) is 0 Å². The number of ether oxygens (including phenoxy) is 1. The molecule has 4 nitrogen and oxygen atoms in total. The molecular formula is C11H24N2O2. The molecule has 0 saturated carbocycles. The number of hydrogen-bond donors (Lipinski definition) is 2. The molecule has 0 aromatic heterocycles. The van der Waals surface area contributed by atoms with Gasteiger partial charge in [0.15, 0.2) is 0 Å². The van der Waals surface area contributed by atoms with Gasteiger partial charge in [-0.05, 0) is 33.0 Å². The predicted molar refractivity (Wildman–Crippen MR) is 61.9 cm³/mol. The molecule has 1 atom stereocenters. The van der Waals surface area contributed by atoms with Crippen LogP contribution in [0, 0.1) is 0 Å². The number of rotatable bonds is 9. The summed E-state index contributed by atoms with van der Waals surface area (Å²) in [5, 5.41) is 6.30. The van der Waals surface area contributed by atoms with E-state index in [0.717, 1.165) is 38.8 Å². The first-order valence-electron chi connectivity index (χ1n) is 5.72. The Morgan fingerprint density at radius 1 is 1.33 bits per heavy atom. The molecule has 0 aliphatic heterocycles. The quantitative estimate of drug-likeness (QED) is 0.444. The normalized spacial score (nSPS) is 12.5. The number of unbranched alkanes of at least 4 members (excludes halogenated alkanes) is 1. The van der Waals surface area contributed by atoms with Crippen LogP contribution >= 0.6 is 0 Å². The number of methoxy groups -OCH3 is 1. The largest absolute Gasteiger partial charge is 0.468 e. The van der Waals surface area contributed by atoms with Crippen molar-refractivity contribution in [2.45, 2.75) is 38.6 Å². The smallest absolute Gasteiger partial charge is 0.322 e. The summed E-state index contributed by atoms with van der Waals surface area (Å²) in [5.74, 6) is -0.145. The summed E-state index contributed by atoms with van der Waals surface area (Å²) in [4.78, 5) is 11.4. The van der Waals surface area contributed by atoms with Gasteiger partial charge >= 0.3 is 5.97 Å². The zero-order chi connectivity index (χ0) is 11.5. The molecule has 0 aromatic carbocycles. The number of nitrogens with one attached hydrogen (secondary N) is 2. The van der Waals surface area contributed by atoms with Crippen LogP contribution in [0.15, 0.2) is 0 Å². The zero-order valence-electron chi connectivity index (χ0n) is 10.1. The Morgan fingerprint density at radius 3 is 2.60 bits per heavy atom. The molecular weight excluding hydrogens is 192 g/mol. The lowest BCUT2D eigenvalue weighted by atomic mass is 10.1. The van der Waals surface area contributed by atoms with Crippen LogP contribution in [0.3, 0.4) is 0 Å². The third-order valence-corrected chi connectivity index (χ3v) is 2.33. The number of esters is 1. The number of carbonyl (C=O) groups is 1. The summed E-state index contributed by atoms with van der Waals surface area (Å²) in [6.45, 7) is 3.94. The van der Waals surface area contributed by atoms with Crippen molar-refractivity contribution in [2.75, 3.05) is 27.2 Å². The lowest BCUT2D eigenvalue weighted by molar-refractivity contribution is -0.143. The number of hydrogen-bond acceptors (Lipinski definition) is 4. The molecule has 0 saturated heterocycles. The first kappa shape index (κ1) is 14.4. The van der Waals surface area contributed by atoms with Gasteiger partial charge < -0.3 is 15.4 Å². The highest BCUT2D eigenvalue weighted by molar-refractivity contribution is 5.75. The minimum Gasteiger partial charge on any atom is -0.468 e. The highest BCUT2D eigenvalue weighted by Gasteiger charge is 2.16. The Bertz CT molecular complexity index is 163. The van der Waals surface area contributed by atoms with Crippen molar-refractivity contribution < 1.29 is 9.53 Å². The Hall–Kier alpha value is -0.610. The third-order valence-electron chi connectivity index (χ3n) is 2.33. The first-order valence-corrected chi connectivity index (χ1v) is 5.72. The maximum Gasteiger partial charge on any atom is 0.322 e. The minimum atomic E-state index is -0.145. The molecule has 0 spiro atoms. The molecule has 0 rings (SSSR count). The molecule has 0 aliphatic rings. The molecule has 0 radical (unpaired) electrons. The zero-order valence-corrected chi connectivity index (χ0v) is 10.1. The predicted octanol–water partition coefficient (Wildman–Crippen LogP) is 0.917. The molecule has 2 N–H and O–H groups in total. The second-order valence-electron chi connectivity index (χ2n) is 3.63. The average molecular weight is 216 g/mol. The van der Waals surface area contributed by atoms with E-state index in [1.54, 1.807) is 0 Å². The van der Waals surface area contributed by atoms with E-state index in [0.29, 0.717) is 0 Å². The lowest BCUT2D eigenvalue weighted by Crippen LogP contribution is -2.38. The van der Waals surface area contributed by atoms with Gasteiger partial charge in [0, 0.05) is 0 Å². The van der Waals surface area contributed by atoms with Crippen LogP contribution in [0.4, 0.5) is 0 Å². The van der Waals surface area contributed by atoms with Crippen molar-refractivity contribution in [3.8, 4) is 0 Å². The Balaban J connectivity index is 3.74. The second-order valence-corrected chi connectivity index (χ2v) is 3.63. The number of carbonyl (C=O) groups excluding carboxylic acids is 1. The van der Waals surface area contributed by atoms with Crippen molar-refractivity contribution in [3.05, 3.63) is 0 Å². The Labute approximate surface area is 92.8 Å².